The zero-order valence-corrected chi connectivity index (χ0v) is 15.5. The second kappa shape index (κ2) is 14.2. The minimum Gasteiger partial charge on any atom is -0.369 e. The van der Waals surface area contributed by atoms with Gasteiger partial charge in [0.1, 0.15) is 11.6 Å². The van der Waals surface area contributed by atoms with Crippen LogP contribution < -0.4 is 16.8 Å². The molecular weight excluding hydrogens is 298 g/mol. The highest BCUT2D eigenvalue weighted by atomic mass is 15.0. The van der Waals surface area contributed by atoms with Gasteiger partial charge in [-0.2, -0.15) is 0 Å². The summed E-state index contributed by atoms with van der Waals surface area (Å²) >= 11 is 0. The lowest BCUT2D eigenvalue weighted by atomic mass is 10.1. The van der Waals surface area contributed by atoms with Crippen LogP contribution in [0.25, 0.3) is 0 Å². The Morgan fingerprint density at radius 2 is 1.38 bits per heavy atom. The number of aryl methyl sites for hydroxylation is 2. The van der Waals surface area contributed by atoms with Crippen molar-refractivity contribution in [3.8, 4) is 0 Å². The Hall–Kier alpha value is -1.20. The first-order chi connectivity index (χ1) is 11.8. The molecule has 1 aromatic rings. The average Bonchev–Trinajstić information content (AvgIpc) is 2.57. The number of anilines is 1. The average molecular weight is 336 g/mol. The van der Waals surface area contributed by atoms with Gasteiger partial charge in [-0.3, -0.25) is 0 Å². The van der Waals surface area contributed by atoms with Gasteiger partial charge >= 0.3 is 0 Å². The molecule has 0 bridgehead atoms. The van der Waals surface area contributed by atoms with Crippen molar-refractivity contribution in [2.45, 2.75) is 77.6 Å². The van der Waals surface area contributed by atoms with Gasteiger partial charge in [-0.25, -0.2) is 9.97 Å². The molecule has 0 aliphatic carbocycles. The van der Waals surface area contributed by atoms with Crippen LogP contribution in [0.15, 0.2) is 6.07 Å². The molecule has 0 aliphatic rings. The van der Waals surface area contributed by atoms with Gasteiger partial charge in [0.2, 0.25) is 0 Å². The van der Waals surface area contributed by atoms with E-state index in [2.05, 4.69) is 15.3 Å². The van der Waals surface area contributed by atoms with E-state index in [0.29, 0.717) is 6.54 Å². The van der Waals surface area contributed by atoms with Crippen LogP contribution in [0, 0.1) is 6.92 Å². The van der Waals surface area contributed by atoms with E-state index >= 15 is 0 Å². The monoisotopic (exact) mass is 335 g/mol. The number of nitrogens with one attached hydrogen (secondary N) is 1. The second-order valence-electron chi connectivity index (χ2n) is 6.60. The minimum absolute atomic E-state index is 0.616. The van der Waals surface area contributed by atoms with Crippen LogP contribution >= 0.6 is 0 Å². The largest absolute Gasteiger partial charge is 0.369 e. The van der Waals surface area contributed by atoms with Crippen molar-refractivity contribution < 1.29 is 0 Å². The number of aromatic nitrogens is 2. The van der Waals surface area contributed by atoms with E-state index in [-0.39, 0.29) is 0 Å². The highest BCUT2D eigenvalue weighted by Gasteiger charge is 2.02. The fourth-order valence-corrected chi connectivity index (χ4v) is 2.87. The van der Waals surface area contributed by atoms with E-state index in [1.165, 1.54) is 64.2 Å². The number of hydrogen-bond acceptors (Lipinski definition) is 5. The standard InChI is InChI=1S/C19H37N5/c1-17-16-19(22-15-14-21)24-18(23-17)12-10-8-6-4-2-3-5-7-9-11-13-20/h16H,2-15,20-21H2,1H3,(H,22,23,24). The molecule has 0 fully saturated rings. The number of rotatable bonds is 15. The summed E-state index contributed by atoms with van der Waals surface area (Å²) in [5, 5.41) is 3.24. The second-order valence-corrected chi connectivity index (χ2v) is 6.60. The molecule has 0 saturated heterocycles. The van der Waals surface area contributed by atoms with Gasteiger partial charge in [-0.15, -0.1) is 0 Å². The lowest BCUT2D eigenvalue weighted by molar-refractivity contribution is 0.551. The van der Waals surface area contributed by atoms with E-state index in [9.17, 15) is 0 Å². The molecule has 5 nitrogen and oxygen atoms in total. The Kier molecular flexibility index (Phi) is 12.3. The zero-order chi connectivity index (χ0) is 17.5. The van der Waals surface area contributed by atoms with Gasteiger partial charge in [0.15, 0.2) is 0 Å². The Balaban J connectivity index is 2.05. The lowest BCUT2D eigenvalue weighted by Crippen LogP contribution is -2.14. The van der Waals surface area contributed by atoms with Gasteiger partial charge in [-0.05, 0) is 26.3 Å². The third-order valence-corrected chi connectivity index (χ3v) is 4.21. The first-order valence-electron chi connectivity index (χ1n) is 9.75. The minimum atomic E-state index is 0.616. The van der Waals surface area contributed by atoms with Gasteiger partial charge in [0.05, 0.1) is 0 Å². The van der Waals surface area contributed by atoms with Crippen LogP contribution in [0.1, 0.15) is 75.7 Å². The molecule has 0 aromatic carbocycles. The molecule has 24 heavy (non-hydrogen) atoms. The summed E-state index contributed by atoms with van der Waals surface area (Å²) in [5.41, 5.74) is 12.0. The summed E-state index contributed by atoms with van der Waals surface area (Å²) in [6, 6.07) is 1.98. The fourth-order valence-electron chi connectivity index (χ4n) is 2.87. The van der Waals surface area contributed by atoms with Crippen LogP contribution in [-0.2, 0) is 6.42 Å². The molecule has 138 valence electrons. The molecular formula is C19H37N5. The van der Waals surface area contributed by atoms with Crippen molar-refractivity contribution in [3.05, 3.63) is 17.6 Å². The van der Waals surface area contributed by atoms with Crippen molar-refractivity contribution in [2.24, 2.45) is 11.5 Å². The predicted molar refractivity (Wildman–Crippen MR) is 103 cm³/mol. The van der Waals surface area contributed by atoms with E-state index in [4.69, 9.17) is 11.5 Å². The van der Waals surface area contributed by atoms with Gasteiger partial charge in [0, 0.05) is 31.3 Å². The predicted octanol–water partition coefficient (Wildman–Crippen LogP) is 3.56. The molecule has 1 heterocycles. The van der Waals surface area contributed by atoms with Crippen molar-refractivity contribution in [1.29, 1.82) is 0 Å². The van der Waals surface area contributed by atoms with Gasteiger partial charge in [-0.1, -0.05) is 51.4 Å². The molecule has 0 atom stereocenters. The smallest absolute Gasteiger partial charge is 0.130 e. The molecule has 0 radical (unpaired) electrons. The molecule has 0 unspecified atom stereocenters. The summed E-state index contributed by atoms with van der Waals surface area (Å²) < 4.78 is 0. The van der Waals surface area contributed by atoms with Crippen LogP contribution in [0.4, 0.5) is 5.82 Å². The first kappa shape index (κ1) is 20.8. The summed E-state index contributed by atoms with van der Waals surface area (Å²) in [5.74, 6) is 1.85. The first-order valence-corrected chi connectivity index (χ1v) is 9.75. The van der Waals surface area contributed by atoms with Gasteiger partial charge in [0.25, 0.3) is 0 Å². The van der Waals surface area contributed by atoms with E-state index < -0.39 is 0 Å². The molecule has 5 N–H and O–H groups in total. The molecule has 0 spiro atoms. The summed E-state index contributed by atoms with van der Waals surface area (Å²) in [6.07, 6.45) is 14.1. The maximum atomic E-state index is 5.52. The zero-order valence-electron chi connectivity index (χ0n) is 15.5. The third-order valence-electron chi connectivity index (χ3n) is 4.21. The topological polar surface area (TPSA) is 89.8 Å². The summed E-state index contributed by atoms with van der Waals surface area (Å²) in [4.78, 5) is 9.10. The highest BCUT2D eigenvalue weighted by Crippen LogP contribution is 2.12. The fraction of sp³-hybridized carbons (Fsp3) is 0.789. The molecule has 5 heteroatoms. The van der Waals surface area contributed by atoms with Crippen LogP contribution in [0.2, 0.25) is 0 Å². The summed E-state index contributed by atoms with van der Waals surface area (Å²) in [7, 11) is 0. The number of unbranched alkanes of at least 4 members (excludes halogenated alkanes) is 9. The maximum absolute atomic E-state index is 5.52. The van der Waals surface area contributed by atoms with Crippen LogP contribution in [-0.4, -0.2) is 29.6 Å². The third kappa shape index (κ3) is 10.6. The van der Waals surface area contributed by atoms with Gasteiger partial charge < -0.3 is 16.8 Å². The Morgan fingerprint density at radius 1 is 0.792 bits per heavy atom. The maximum Gasteiger partial charge on any atom is 0.130 e. The van der Waals surface area contributed by atoms with E-state index in [1.54, 1.807) is 0 Å². The molecule has 1 aromatic heterocycles. The Bertz CT molecular complexity index is 422. The van der Waals surface area contributed by atoms with Crippen molar-refractivity contribution >= 4 is 5.82 Å². The van der Waals surface area contributed by atoms with Crippen molar-refractivity contribution in [1.82, 2.24) is 9.97 Å². The summed E-state index contributed by atoms with van der Waals surface area (Å²) in [6.45, 7) is 4.23. The molecule has 0 aliphatic heterocycles. The van der Waals surface area contributed by atoms with E-state index in [1.807, 2.05) is 13.0 Å². The lowest BCUT2D eigenvalue weighted by Gasteiger charge is -2.07. The number of nitrogens with two attached hydrogens (primary N) is 2. The number of hydrogen-bond donors (Lipinski definition) is 3. The highest BCUT2D eigenvalue weighted by molar-refractivity contribution is 5.35. The molecule has 0 saturated carbocycles. The number of nitrogens with zero attached hydrogens (tertiary/aromatic N) is 2. The van der Waals surface area contributed by atoms with Crippen molar-refractivity contribution in [3.63, 3.8) is 0 Å². The Morgan fingerprint density at radius 3 is 1.96 bits per heavy atom. The molecule has 1 rings (SSSR count). The van der Waals surface area contributed by atoms with Crippen molar-refractivity contribution in [2.75, 3.05) is 25.0 Å². The SMILES string of the molecule is Cc1cc(NCCN)nc(CCCCCCCCCCCCN)n1. The normalized spacial score (nSPS) is 11.0. The molecule has 0 amide bonds. The van der Waals surface area contributed by atoms with E-state index in [0.717, 1.165) is 36.8 Å². The van der Waals surface area contributed by atoms with Crippen LogP contribution in [0.3, 0.4) is 0 Å². The quantitative estimate of drug-likeness (QED) is 0.426. The van der Waals surface area contributed by atoms with Crippen LogP contribution in [0.5, 0.6) is 0 Å². The Labute approximate surface area is 148 Å².